The van der Waals surface area contributed by atoms with Crippen molar-refractivity contribution in [3.63, 3.8) is 0 Å². The molecule has 0 spiro atoms. The van der Waals surface area contributed by atoms with Gasteiger partial charge in [-0.15, -0.1) is 0 Å². The third-order valence-corrected chi connectivity index (χ3v) is 5.10. The zero-order valence-electron chi connectivity index (χ0n) is 11.0. The molecule has 2 heterocycles. The summed E-state index contributed by atoms with van der Waals surface area (Å²) < 4.78 is 33.2. The molecule has 0 aromatic carbocycles. The van der Waals surface area contributed by atoms with Gasteiger partial charge in [0.05, 0.1) is 18.8 Å². The van der Waals surface area contributed by atoms with Gasteiger partial charge >= 0.3 is 0 Å². The van der Waals surface area contributed by atoms with Crippen molar-refractivity contribution < 1.29 is 13.2 Å². The van der Waals surface area contributed by atoms with E-state index in [0.717, 1.165) is 12.8 Å². The number of sulfonamides is 1. The summed E-state index contributed by atoms with van der Waals surface area (Å²) in [5.74, 6) is 0. The fourth-order valence-electron chi connectivity index (χ4n) is 2.20. The molecule has 0 saturated carbocycles. The minimum atomic E-state index is -3.47. The summed E-state index contributed by atoms with van der Waals surface area (Å²) in [5, 5.41) is 4.01. The topological polar surface area (TPSA) is 90.5 Å². The van der Waals surface area contributed by atoms with E-state index < -0.39 is 10.0 Å². The molecule has 2 N–H and O–H groups in total. The van der Waals surface area contributed by atoms with Gasteiger partial charge in [-0.25, -0.2) is 8.42 Å². The molecule has 1 unspecified atom stereocenters. The number of nitrogens with two attached hydrogens (primary N) is 1. The van der Waals surface area contributed by atoms with E-state index in [2.05, 4.69) is 5.10 Å². The van der Waals surface area contributed by atoms with E-state index in [-0.39, 0.29) is 11.0 Å². The summed E-state index contributed by atoms with van der Waals surface area (Å²) >= 11 is 0. The fourth-order valence-corrected chi connectivity index (χ4v) is 3.66. The van der Waals surface area contributed by atoms with Crippen LogP contribution in [0.3, 0.4) is 0 Å². The first-order valence-electron chi connectivity index (χ1n) is 6.33. The number of aromatic nitrogens is 2. The first-order valence-corrected chi connectivity index (χ1v) is 7.77. The van der Waals surface area contributed by atoms with Crippen LogP contribution in [-0.4, -0.2) is 55.4 Å². The molecule has 1 aromatic heterocycles. The first kappa shape index (κ1) is 14.4. The van der Waals surface area contributed by atoms with Crippen molar-refractivity contribution in [1.82, 2.24) is 14.1 Å². The van der Waals surface area contributed by atoms with Crippen LogP contribution in [0.5, 0.6) is 0 Å². The maximum atomic E-state index is 12.5. The van der Waals surface area contributed by atoms with Crippen LogP contribution in [0.1, 0.15) is 12.8 Å². The van der Waals surface area contributed by atoms with Gasteiger partial charge in [-0.3, -0.25) is 4.68 Å². The van der Waals surface area contributed by atoms with Crippen LogP contribution in [0, 0.1) is 0 Å². The van der Waals surface area contributed by atoms with Gasteiger partial charge in [-0.2, -0.15) is 9.40 Å². The molecule has 0 radical (unpaired) electrons. The van der Waals surface area contributed by atoms with Crippen LogP contribution < -0.4 is 5.73 Å². The lowest BCUT2D eigenvalue weighted by Gasteiger charge is -2.30. The van der Waals surface area contributed by atoms with Crippen molar-refractivity contribution in [2.24, 2.45) is 5.73 Å². The van der Waals surface area contributed by atoms with Crippen LogP contribution in [-0.2, 0) is 21.3 Å². The lowest BCUT2D eigenvalue weighted by atomic mass is 10.1. The van der Waals surface area contributed by atoms with E-state index in [0.29, 0.717) is 26.2 Å². The van der Waals surface area contributed by atoms with Crippen LogP contribution in [0.2, 0.25) is 0 Å². The van der Waals surface area contributed by atoms with E-state index in [1.807, 2.05) is 0 Å². The van der Waals surface area contributed by atoms with Crippen LogP contribution in [0.4, 0.5) is 0 Å². The van der Waals surface area contributed by atoms with Gasteiger partial charge in [0.1, 0.15) is 4.90 Å². The fraction of sp³-hybridized carbons (Fsp3) is 0.727. The van der Waals surface area contributed by atoms with E-state index >= 15 is 0 Å². The lowest BCUT2D eigenvalue weighted by molar-refractivity contribution is 0.0572. The standard InChI is InChI=1S/C11H20N4O3S/c1-18-10-3-2-5-15(8-10)19(16,17)11-7-13-14(9-11)6-4-12/h7,9-10H,2-6,8,12H2,1H3. The molecule has 1 aliphatic heterocycles. The largest absolute Gasteiger partial charge is 0.380 e. The Labute approximate surface area is 113 Å². The zero-order chi connectivity index (χ0) is 13.9. The Morgan fingerprint density at radius 2 is 2.37 bits per heavy atom. The normalized spacial score (nSPS) is 21.7. The van der Waals surface area contributed by atoms with Crippen LogP contribution >= 0.6 is 0 Å². The molecular weight excluding hydrogens is 268 g/mol. The van der Waals surface area contributed by atoms with Gasteiger partial charge < -0.3 is 10.5 Å². The Morgan fingerprint density at radius 1 is 1.58 bits per heavy atom. The van der Waals surface area contributed by atoms with Gasteiger partial charge in [0, 0.05) is 32.9 Å². The van der Waals surface area contributed by atoms with Crippen molar-refractivity contribution in [3.8, 4) is 0 Å². The molecule has 1 aliphatic rings. The number of hydrogen-bond donors (Lipinski definition) is 1. The Morgan fingerprint density at radius 3 is 3.05 bits per heavy atom. The molecule has 0 bridgehead atoms. The molecule has 19 heavy (non-hydrogen) atoms. The molecule has 1 aromatic rings. The molecule has 1 fully saturated rings. The lowest BCUT2D eigenvalue weighted by Crippen LogP contribution is -2.42. The summed E-state index contributed by atoms with van der Waals surface area (Å²) in [6.45, 7) is 1.87. The van der Waals surface area contributed by atoms with Crippen LogP contribution in [0.25, 0.3) is 0 Å². The number of ether oxygens (including phenoxy) is 1. The van der Waals surface area contributed by atoms with Gasteiger partial charge in [0.25, 0.3) is 0 Å². The molecule has 8 heteroatoms. The third kappa shape index (κ3) is 3.14. The predicted octanol–water partition coefficient (Wildman–Crippen LogP) is -0.359. The number of nitrogens with zero attached hydrogens (tertiary/aromatic N) is 3. The van der Waals surface area contributed by atoms with Crippen molar-refractivity contribution >= 4 is 10.0 Å². The molecule has 1 saturated heterocycles. The van der Waals surface area contributed by atoms with E-state index in [9.17, 15) is 8.42 Å². The van der Waals surface area contributed by atoms with E-state index in [1.165, 1.54) is 16.7 Å². The van der Waals surface area contributed by atoms with Gasteiger partial charge in [-0.05, 0) is 12.8 Å². The number of hydrogen-bond acceptors (Lipinski definition) is 5. The van der Waals surface area contributed by atoms with Crippen molar-refractivity contribution in [2.75, 3.05) is 26.7 Å². The Bertz CT molecular complexity index is 514. The van der Waals surface area contributed by atoms with Gasteiger partial charge in [0.2, 0.25) is 10.0 Å². The van der Waals surface area contributed by atoms with Crippen molar-refractivity contribution in [2.45, 2.75) is 30.4 Å². The average Bonchev–Trinajstić information content (AvgIpc) is 2.88. The maximum Gasteiger partial charge on any atom is 0.246 e. The summed E-state index contributed by atoms with van der Waals surface area (Å²) in [7, 11) is -1.86. The Hall–Kier alpha value is -0.960. The SMILES string of the molecule is COC1CCCN(S(=O)(=O)c2cnn(CCN)c2)C1. The highest BCUT2D eigenvalue weighted by Crippen LogP contribution is 2.21. The second-order valence-corrected chi connectivity index (χ2v) is 6.53. The summed E-state index contributed by atoms with van der Waals surface area (Å²) in [6.07, 6.45) is 4.59. The molecule has 108 valence electrons. The highest BCUT2D eigenvalue weighted by Gasteiger charge is 2.31. The predicted molar refractivity (Wildman–Crippen MR) is 70.1 cm³/mol. The number of piperidine rings is 1. The zero-order valence-corrected chi connectivity index (χ0v) is 11.8. The van der Waals surface area contributed by atoms with Gasteiger partial charge in [-0.1, -0.05) is 0 Å². The minimum Gasteiger partial charge on any atom is -0.380 e. The summed E-state index contributed by atoms with van der Waals surface area (Å²) in [6, 6.07) is 0. The molecule has 0 aliphatic carbocycles. The Kier molecular flexibility index (Phi) is 4.56. The first-order chi connectivity index (χ1) is 9.07. The highest BCUT2D eigenvalue weighted by atomic mass is 32.2. The molecule has 0 amide bonds. The number of methoxy groups -OCH3 is 1. The quantitative estimate of drug-likeness (QED) is 0.799. The van der Waals surface area contributed by atoms with E-state index in [4.69, 9.17) is 10.5 Å². The molecule has 2 rings (SSSR count). The molecular formula is C11H20N4O3S. The summed E-state index contributed by atoms with van der Waals surface area (Å²) in [5.41, 5.74) is 5.42. The third-order valence-electron chi connectivity index (χ3n) is 3.28. The minimum absolute atomic E-state index is 0.0254. The maximum absolute atomic E-state index is 12.5. The van der Waals surface area contributed by atoms with Gasteiger partial charge in [0.15, 0.2) is 0 Å². The van der Waals surface area contributed by atoms with Crippen molar-refractivity contribution in [1.29, 1.82) is 0 Å². The molecule has 7 nitrogen and oxygen atoms in total. The van der Waals surface area contributed by atoms with Crippen LogP contribution in [0.15, 0.2) is 17.3 Å². The second-order valence-electron chi connectivity index (χ2n) is 4.59. The monoisotopic (exact) mass is 288 g/mol. The molecule has 1 atom stereocenters. The van der Waals surface area contributed by atoms with E-state index in [1.54, 1.807) is 11.8 Å². The second kappa shape index (κ2) is 6.00. The smallest absolute Gasteiger partial charge is 0.246 e. The average molecular weight is 288 g/mol. The van der Waals surface area contributed by atoms with Crippen molar-refractivity contribution in [3.05, 3.63) is 12.4 Å². The summed E-state index contributed by atoms with van der Waals surface area (Å²) in [4.78, 5) is 0.220. The number of rotatable bonds is 5. The highest BCUT2D eigenvalue weighted by molar-refractivity contribution is 7.89. The Balaban J connectivity index is 2.16.